The van der Waals surface area contributed by atoms with Crippen molar-refractivity contribution in [3.63, 3.8) is 0 Å². The Kier molecular flexibility index (Phi) is 10.3. The lowest BCUT2D eigenvalue weighted by molar-refractivity contribution is -0.156. The Bertz CT molecular complexity index is 1380. The predicted octanol–water partition coefficient (Wildman–Crippen LogP) is 7.60. The number of phenolic OH excluding ortho intramolecular Hbond substituents is 1. The first-order valence-corrected chi connectivity index (χ1v) is 16.8. The number of ether oxygens (including phenoxy) is 3. The van der Waals surface area contributed by atoms with Crippen LogP contribution in [0, 0.1) is 11.8 Å². The number of aryl methyl sites for hydroxylation is 1. The van der Waals surface area contributed by atoms with Crippen LogP contribution in [0.1, 0.15) is 106 Å². The van der Waals surface area contributed by atoms with Crippen LogP contribution in [0.3, 0.4) is 0 Å². The maximum Gasteiger partial charge on any atom is 0.338 e. The topological polar surface area (TPSA) is 85.3 Å². The Labute approximate surface area is 268 Å². The van der Waals surface area contributed by atoms with Crippen molar-refractivity contribution in [1.82, 2.24) is 4.90 Å². The molecule has 2 fully saturated rings. The van der Waals surface area contributed by atoms with E-state index in [0.29, 0.717) is 29.7 Å². The van der Waals surface area contributed by atoms with E-state index in [-0.39, 0.29) is 29.5 Å². The fourth-order valence-corrected chi connectivity index (χ4v) is 8.07. The number of carbonyl (C=O) groups excluding carboxylic acids is 2. The SMILES string of the molecule is CCCCCc1cc(O)c2c(c1)OC(C)(C)[C@@H]1CCC(C)=C[C@@H]21.COC(=O)[C@H]1[C@@H](OC(=O)c2ccccc2)C[C@@H]2CC[C@H]1N2C. The number of phenols is 1. The first-order valence-electron chi connectivity index (χ1n) is 16.8. The molecule has 2 aromatic rings. The standard InChI is InChI=1S/C21H30O2.C17H21NO4/c1-5-6-7-8-15-12-18(22)20-16-11-14(2)9-10-17(16)21(3,4)23-19(20)13-15;1-18-12-8-9-13(18)15(17(20)21-2)14(10-12)22-16(19)11-6-4-3-5-7-11/h11-13,16-17,22H,5-10H2,1-4H3;3-7,12-15H,8-10H2,1-2H3/t16-,17-;12-,13+,14-,15+/m10/s1. The molecule has 7 nitrogen and oxygen atoms in total. The maximum absolute atomic E-state index is 12.3. The van der Waals surface area contributed by atoms with Gasteiger partial charge >= 0.3 is 11.9 Å². The van der Waals surface area contributed by atoms with Crippen LogP contribution in [0.25, 0.3) is 0 Å². The first-order chi connectivity index (χ1) is 21.5. The van der Waals surface area contributed by atoms with Gasteiger partial charge in [0.25, 0.3) is 0 Å². The van der Waals surface area contributed by atoms with Crippen LogP contribution in [0.2, 0.25) is 0 Å². The number of rotatable bonds is 7. The van der Waals surface area contributed by atoms with E-state index in [1.54, 1.807) is 24.3 Å². The summed E-state index contributed by atoms with van der Waals surface area (Å²) in [6.45, 7) is 8.81. The van der Waals surface area contributed by atoms with Crippen LogP contribution >= 0.6 is 0 Å². The van der Waals surface area contributed by atoms with Crippen molar-refractivity contribution >= 4 is 11.9 Å². The second kappa shape index (κ2) is 14.0. The smallest absolute Gasteiger partial charge is 0.338 e. The van der Waals surface area contributed by atoms with Gasteiger partial charge < -0.3 is 19.3 Å². The number of aromatic hydroxyl groups is 1. The molecule has 6 atom stereocenters. The number of esters is 2. The van der Waals surface area contributed by atoms with Crippen molar-refractivity contribution in [2.45, 2.75) is 115 Å². The first kappa shape index (κ1) is 33.1. The van der Waals surface area contributed by atoms with Crippen LogP contribution in [0.4, 0.5) is 0 Å². The molecule has 45 heavy (non-hydrogen) atoms. The van der Waals surface area contributed by atoms with Crippen LogP contribution in [-0.4, -0.2) is 59.9 Å². The van der Waals surface area contributed by atoms with E-state index in [1.807, 2.05) is 19.2 Å². The monoisotopic (exact) mass is 617 g/mol. The number of methoxy groups -OCH3 is 1. The van der Waals surface area contributed by atoms with Crippen LogP contribution < -0.4 is 4.74 Å². The van der Waals surface area contributed by atoms with Crippen molar-refractivity contribution in [2.75, 3.05) is 14.2 Å². The molecule has 7 heteroatoms. The largest absolute Gasteiger partial charge is 0.507 e. The normalized spacial score (nSPS) is 27.9. The molecule has 0 radical (unpaired) electrons. The van der Waals surface area contributed by atoms with E-state index < -0.39 is 12.0 Å². The van der Waals surface area contributed by atoms with E-state index in [9.17, 15) is 14.7 Å². The Balaban J connectivity index is 0.000000178. The molecular formula is C38H51NO6. The van der Waals surface area contributed by atoms with Crippen molar-refractivity contribution in [3.05, 3.63) is 70.8 Å². The predicted molar refractivity (Wildman–Crippen MR) is 176 cm³/mol. The van der Waals surface area contributed by atoms with Gasteiger partial charge in [0.15, 0.2) is 0 Å². The maximum atomic E-state index is 12.3. The molecule has 0 saturated carbocycles. The number of hydrogen-bond donors (Lipinski definition) is 1. The molecule has 2 bridgehead atoms. The lowest BCUT2D eigenvalue weighted by Crippen LogP contribution is -2.53. The van der Waals surface area contributed by atoms with Crippen molar-refractivity contribution < 1.29 is 28.9 Å². The van der Waals surface area contributed by atoms with E-state index in [4.69, 9.17) is 14.2 Å². The third-order valence-electron chi connectivity index (χ3n) is 10.6. The Hall–Kier alpha value is -3.32. The summed E-state index contributed by atoms with van der Waals surface area (Å²) in [5.41, 5.74) is 3.97. The lowest BCUT2D eigenvalue weighted by Gasteiger charge is -2.46. The summed E-state index contributed by atoms with van der Waals surface area (Å²) < 4.78 is 17.0. The molecule has 2 saturated heterocycles. The number of carbonyl (C=O) groups is 2. The highest BCUT2D eigenvalue weighted by molar-refractivity contribution is 5.89. The molecule has 2 aromatic carbocycles. The molecule has 0 amide bonds. The minimum absolute atomic E-state index is 0.0970. The number of hydrogen-bond acceptors (Lipinski definition) is 7. The summed E-state index contributed by atoms with van der Waals surface area (Å²) >= 11 is 0. The second-order valence-electron chi connectivity index (χ2n) is 13.9. The quantitative estimate of drug-likeness (QED) is 0.195. The number of allylic oxidation sites excluding steroid dienone is 2. The second-order valence-corrected chi connectivity index (χ2v) is 13.9. The molecule has 0 aromatic heterocycles. The Morgan fingerprint density at radius 2 is 1.84 bits per heavy atom. The zero-order valence-electron chi connectivity index (χ0n) is 27.9. The lowest BCUT2D eigenvalue weighted by atomic mass is 9.68. The fraction of sp³-hybridized carbons (Fsp3) is 0.579. The molecular weight excluding hydrogens is 566 g/mol. The van der Waals surface area contributed by atoms with Gasteiger partial charge in [-0.15, -0.1) is 0 Å². The molecule has 3 heterocycles. The van der Waals surface area contributed by atoms with Gasteiger partial charge in [0.1, 0.15) is 29.1 Å². The Morgan fingerprint density at radius 3 is 2.56 bits per heavy atom. The summed E-state index contributed by atoms with van der Waals surface area (Å²) in [6.07, 6.45) is 11.5. The van der Waals surface area contributed by atoms with Crippen molar-refractivity contribution in [3.8, 4) is 11.5 Å². The van der Waals surface area contributed by atoms with Gasteiger partial charge in [-0.2, -0.15) is 0 Å². The third kappa shape index (κ3) is 7.09. The molecule has 4 aliphatic rings. The van der Waals surface area contributed by atoms with Gasteiger partial charge in [0.2, 0.25) is 0 Å². The van der Waals surface area contributed by atoms with E-state index in [1.165, 1.54) is 37.5 Å². The van der Waals surface area contributed by atoms with E-state index in [0.717, 1.165) is 43.4 Å². The number of fused-ring (bicyclic) bond motifs is 5. The van der Waals surface area contributed by atoms with E-state index in [2.05, 4.69) is 44.7 Å². The summed E-state index contributed by atoms with van der Waals surface area (Å²) in [5, 5.41) is 10.7. The minimum Gasteiger partial charge on any atom is -0.507 e. The van der Waals surface area contributed by atoms with Crippen molar-refractivity contribution in [2.24, 2.45) is 11.8 Å². The highest BCUT2D eigenvalue weighted by Gasteiger charge is 2.51. The summed E-state index contributed by atoms with van der Waals surface area (Å²) in [4.78, 5) is 26.7. The third-order valence-corrected chi connectivity index (χ3v) is 10.6. The van der Waals surface area contributed by atoms with E-state index >= 15 is 0 Å². The minimum atomic E-state index is -0.408. The van der Waals surface area contributed by atoms with Gasteiger partial charge in [-0.25, -0.2) is 4.79 Å². The molecule has 1 aliphatic carbocycles. The summed E-state index contributed by atoms with van der Waals surface area (Å²) in [5.74, 6) is 0.981. The fourth-order valence-electron chi connectivity index (χ4n) is 8.07. The molecule has 244 valence electrons. The summed E-state index contributed by atoms with van der Waals surface area (Å²) in [7, 11) is 3.42. The average molecular weight is 618 g/mol. The molecule has 0 unspecified atom stereocenters. The van der Waals surface area contributed by atoms with Gasteiger partial charge in [-0.05, 0) is 96.2 Å². The number of piperidine rings is 1. The van der Waals surface area contributed by atoms with Crippen LogP contribution in [0.5, 0.6) is 11.5 Å². The van der Waals surface area contributed by atoms with Gasteiger partial charge in [-0.1, -0.05) is 49.6 Å². The van der Waals surface area contributed by atoms with Gasteiger partial charge in [0.05, 0.1) is 12.7 Å². The highest BCUT2D eigenvalue weighted by atomic mass is 16.6. The Morgan fingerprint density at radius 1 is 1.09 bits per heavy atom. The van der Waals surface area contributed by atoms with Gasteiger partial charge in [-0.3, -0.25) is 9.69 Å². The number of benzene rings is 2. The van der Waals surface area contributed by atoms with Crippen molar-refractivity contribution in [1.29, 1.82) is 0 Å². The summed E-state index contributed by atoms with van der Waals surface area (Å²) in [6, 6.07) is 13.5. The highest BCUT2D eigenvalue weighted by Crippen LogP contribution is 2.53. The molecule has 1 N–H and O–H groups in total. The van der Waals surface area contributed by atoms with Gasteiger partial charge in [0, 0.05) is 35.9 Å². The zero-order valence-corrected chi connectivity index (χ0v) is 27.9. The zero-order chi connectivity index (χ0) is 32.3. The molecule has 3 aliphatic heterocycles. The molecule has 0 spiro atoms. The number of unbranched alkanes of at least 4 members (excludes halogenated alkanes) is 2. The van der Waals surface area contributed by atoms with Crippen LogP contribution in [0.15, 0.2) is 54.1 Å². The number of nitrogens with zero attached hydrogens (tertiary/aromatic N) is 1. The van der Waals surface area contributed by atoms with Crippen LogP contribution in [-0.2, 0) is 20.7 Å². The average Bonchev–Trinajstić information content (AvgIpc) is 3.24. The molecule has 6 rings (SSSR count).